The number of pyridine rings is 1. The van der Waals surface area contributed by atoms with Gasteiger partial charge >= 0.3 is 0 Å². The molecule has 2 aromatic rings. The van der Waals surface area contributed by atoms with Crippen molar-refractivity contribution in [2.24, 2.45) is 5.92 Å². The number of carbonyl (C=O) groups is 1. The molecule has 142 valence electrons. The normalized spacial score (nSPS) is 11.2. The molecule has 0 aliphatic rings. The monoisotopic (exact) mass is 356 g/mol. The summed E-state index contributed by atoms with van der Waals surface area (Å²) in [7, 11) is 0. The lowest BCUT2D eigenvalue weighted by molar-refractivity contribution is -0.119. The molecule has 4 heteroatoms. The Labute approximate surface area is 157 Å². The molecule has 0 radical (unpaired) electrons. The van der Waals surface area contributed by atoms with Gasteiger partial charge in [0.25, 0.3) is 0 Å². The van der Waals surface area contributed by atoms with E-state index in [4.69, 9.17) is 0 Å². The molecular formula is C22H32N2O2. The SMILES string of the molecule is CCCC(C)CC(=O)CNC/C=C/c1cccnc1.O.c1ccccc1. The van der Waals surface area contributed by atoms with E-state index in [0.29, 0.717) is 31.2 Å². The Bertz CT molecular complexity index is 559. The van der Waals surface area contributed by atoms with Gasteiger partial charge in [0.15, 0.2) is 0 Å². The first-order chi connectivity index (χ1) is 12.2. The van der Waals surface area contributed by atoms with Gasteiger partial charge in [0.1, 0.15) is 5.78 Å². The van der Waals surface area contributed by atoms with Crippen molar-refractivity contribution < 1.29 is 10.3 Å². The van der Waals surface area contributed by atoms with E-state index in [9.17, 15) is 4.79 Å². The number of rotatable bonds is 9. The molecule has 0 saturated heterocycles. The summed E-state index contributed by atoms with van der Waals surface area (Å²) < 4.78 is 0. The molecule has 0 aliphatic carbocycles. The molecule has 0 saturated carbocycles. The number of aromatic nitrogens is 1. The van der Waals surface area contributed by atoms with Gasteiger partial charge in [-0.3, -0.25) is 9.78 Å². The Hall–Kier alpha value is -2.30. The van der Waals surface area contributed by atoms with E-state index >= 15 is 0 Å². The highest BCUT2D eigenvalue weighted by Gasteiger charge is 2.07. The number of hydrogen-bond acceptors (Lipinski definition) is 3. The quantitative estimate of drug-likeness (QED) is 0.692. The van der Waals surface area contributed by atoms with Crippen LogP contribution in [0.15, 0.2) is 67.0 Å². The zero-order valence-corrected chi connectivity index (χ0v) is 15.9. The van der Waals surface area contributed by atoms with E-state index in [1.165, 1.54) is 0 Å². The van der Waals surface area contributed by atoms with Crippen molar-refractivity contribution in [3.8, 4) is 0 Å². The average molecular weight is 357 g/mol. The van der Waals surface area contributed by atoms with E-state index in [1.807, 2.05) is 66.9 Å². The Morgan fingerprint density at radius 2 is 1.81 bits per heavy atom. The molecule has 1 atom stereocenters. The molecular weight excluding hydrogens is 324 g/mol. The van der Waals surface area contributed by atoms with Crippen molar-refractivity contribution in [2.45, 2.75) is 33.1 Å². The second-order valence-electron chi connectivity index (χ2n) is 6.11. The summed E-state index contributed by atoms with van der Waals surface area (Å²) in [5, 5.41) is 3.15. The van der Waals surface area contributed by atoms with Crippen LogP contribution in [0.4, 0.5) is 0 Å². The predicted molar refractivity (Wildman–Crippen MR) is 110 cm³/mol. The van der Waals surface area contributed by atoms with Crippen molar-refractivity contribution in [1.29, 1.82) is 0 Å². The lowest BCUT2D eigenvalue weighted by atomic mass is 10.00. The molecule has 0 fully saturated rings. The van der Waals surface area contributed by atoms with Crippen LogP contribution in [0.2, 0.25) is 0 Å². The highest BCUT2D eigenvalue weighted by Crippen LogP contribution is 2.09. The van der Waals surface area contributed by atoms with Crippen LogP contribution in [0.5, 0.6) is 0 Å². The second-order valence-corrected chi connectivity index (χ2v) is 6.11. The van der Waals surface area contributed by atoms with Crippen LogP contribution in [-0.4, -0.2) is 29.3 Å². The molecule has 1 aromatic carbocycles. The number of ketones is 1. The van der Waals surface area contributed by atoms with Crippen molar-refractivity contribution in [2.75, 3.05) is 13.1 Å². The zero-order valence-electron chi connectivity index (χ0n) is 15.9. The number of carbonyl (C=O) groups excluding carboxylic acids is 1. The van der Waals surface area contributed by atoms with Crippen molar-refractivity contribution in [3.05, 3.63) is 72.6 Å². The highest BCUT2D eigenvalue weighted by atomic mass is 16.1. The molecule has 0 spiro atoms. The van der Waals surface area contributed by atoms with Gasteiger partial charge in [0, 0.05) is 25.4 Å². The fourth-order valence-electron chi connectivity index (χ4n) is 2.41. The molecule has 2 rings (SSSR count). The van der Waals surface area contributed by atoms with Crippen LogP contribution in [0.1, 0.15) is 38.7 Å². The largest absolute Gasteiger partial charge is 0.412 e. The van der Waals surface area contributed by atoms with Crippen LogP contribution < -0.4 is 5.32 Å². The molecule has 0 aliphatic heterocycles. The first-order valence-corrected chi connectivity index (χ1v) is 9.01. The van der Waals surface area contributed by atoms with E-state index in [-0.39, 0.29) is 5.48 Å². The maximum atomic E-state index is 11.7. The lowest BCUT2D eigenvalue weighted by Crippen LogP contribution is -2.24. The fraction of sp³-hybridized carbons (Fsp3) is 0.364. The van der Waals surface area contributed by atoms with E-state index in [1.54, 1.807) is 6.20 Å². The molecule has 0 bridgehead atoms. The Kier molecular flexibility index (Phi) is 14.8. The van der Waals surface area contributed by atoms with E-state index < -0.39 is 0 Å². The fourth-order valence-corrected chi connectivity index (χ4v) is 2.41. The minimum absolute atomic E-state index is 0. The first-order valence-electron chi connectivity index (χ1n) is 9.01. The predicted octanol–water partition coefficient (Wildman–Crippen LogP) is 3.94. The van der Waals surface area contributed by atoms with Crippen LogP contribution >= 0.6 is 0 Å². The molecule has 26 heavy (non-hydrogen) atoms. The molecule has 1 unspecified atom stereocenters. The van der Waals surface area contributed by atoms with E-state index in [2.05, 4.69) is 24.1 Å². The first kappa shape index (κ1) is 23.7. The second kappa shape index (κ2) is 16.2. The van der Waals surface area contributed by atoms with Gasteiger partial charge in [0.2, 0.25) is 0 Å². The topological polar surface area (TPSA) is 73.5 Å². The third-order valence-electron chi connectivity index (χ3n) is 3.60. The molecule has 4 nitrogen and oxygen atoms in total. The summed E-state index contributed by atoms with van der Waals surface area (Å²) in [6, 6.07) is 15.9. The van der Waals surface area contributed by atoms with Gasteiger partial charge in [-0.2, -0.15) is 0 Å². The van der Waals surface area contributed by atoms with Gasteiger partial charge in [-0.1, -0.05) is 81.3 Å². The van der Waals surface area contributed by atoms with Gasteiger partial charge in [-0.25, -0.2) is 0 Å². The van der Waals surface area contributed by atoms with Crippen molar-refractivity contribution >= 4 is 11.9 Å². The summed E-state index contributed by atoms with van der Waals surface area (Å²) in [5.41, 5.74) is 1.08. The number of benzene rings is 1. The highest BCUT2D eigenvalue weighted by molar-refractivity contribution is 5.80. The van der Waals surface area contributed by atoms with Gasteiger partial charge in [0.05, 0.1) is 6.54 Å². The summed E-state index contributed by atoms with van der Waals surface area (Å²) in [4.78, 5) is 15.7. The molecule has 1 heterocycles. The number of nitrogens with one attached hydrogen (secondary N) is 1. The summed E-state index contributed by atoms with van der Waals surface area (Å²) >= 11 is 0. The molecule has 0 amide bonds. The maximum Gasteiger partial charge on any atom is 0.146 e. The van der Waals surface area contributed by atoms with Gasteiger partial charge in [-0.05, 0) is 17.5 Å². The summed E-state index contributed by atoms with van der Waals surface area (Å²) in [6.45, 7) is 5.47. The van der Waals surface area contributed by atoms with Crippen molar-refractivity contribution in [3.63, 3.8) is 0 Å². The Balaban J connectivity index is 0.000000754. The third kappa shape index (κ3) is 13.0. The van der Waals surface area contributed by atoms with Gasteiger partial charge < -0.3 is 10.8 Å². The van der Waals surface area contributed by atoms with Crippen LogP contribution in [0.25, 0.3) is 6.08 Å². The minimum atomic E-state index is 0. The van der Waals surface area contributed by atoms with Crippen LogP contribution in [0.3, 0.4) is 0 Å². The van der Waals surface area contributed by atoms with Crippen LogP contribution in [0, 0.1) is 5.92 Å². The number of hydrogen-bond donors (Lipinski definition) is 1. The average Bonchev–Trinajstić information content (AvgIpc) is 2.64. The van der Waals surface area contributed by atoms with Crippen LogP contribution in [-0.2, 0) is 4.79 Å². The Morgan fingerprint density at radius 3 is 2.35 bits per heavy atom. The van der Waals surface area contributed by atoms with E-state index in [0.717, 1.165) is 18.4 Å². The lowest BCUT2D eigenvalue weighted by Gasteiger charge is -2.08. The minimum Gasteiger partial charge on any atom is -0.412 e. The third-order valence-corrected chi connectivity index (χ3v) is 3.60. The number of nitrogens with zero attached hydrogens (tertiary/aromatic N) is 1. The molecule has 1 aromatic heterocycles. The smallest absolute Gasteiger partial charge is 0.146 e. The number of Topliss-reactive ketones (excluding diaryl/α,β-unsaturated/α-hetero) is 1. The standard InChI is InChI=1S/C16H24N2O.C6H6.H2O/c1-3-6-14(2)11-16(19)13-18-10-5-8-15-7-4-9-17-12-15;1-2-4-6-5-3-1;/h4-5,7-9,12,14,18H,3,6,10-11,13H2,1-2H3;1-6H;1H2/b8-5+;;. The van der Waals surface area contributed by atoms with Crippen molar-refractivity contribution in [1.82, 2.24) is 10.3 Å². The summed E-state index contributed by atoms with van der Waals surface area (Å²) in [5.74, 6) is 0.806. The molecule has 3 N–H and O–H groups in total. The zero-order chi connectivity index (χ0) is 18.2. The summed E-state index contributed by atoms with van der Waals surface area (Å²) in [6.07, 6.45) is 10.6. The van der Waals surface area contributed by atoms with Gasteiger partial charge in [-0.15, -0.1) is 0 Å². The maximum absolute atomic E-state index is 11.7. The Morgan fingerprint density at radius 1 is 1.15 bits per heavy atom.